The molecule has 9 nitrogen and oxygen atoms in total. The van der Waals surface area contributed by atoms with Gasteiger partial charge in [-0.1, -0.05) is 34.1 Å². The Bertz CT molecular complexity index is 1790. The van der Waals surface area contributed by atoms with Crippen LogP contribution in [0.5, 0.6) is 16.7 Å². The summed E-state index contributed by atoms with van der Waals surface area (Å²) in [7, 11) is 3.17. The van der Waals surface area contributed by atoms with Crippen molar-refractivity contribution in [1.29, 1.82) is 0 Å². The maximum atomic E-state index is 12.7. The van der Waals surface area contributed by atoms with Crippen molar-refractivity contribution in [3.63, 3.8) is 0 Å². The lowest BCUT2D eigenvalue weighted by atomic mass is 10.1. The van der Waals surface area contributed by atoms with Crippen LogP contribution in [0.3, 0.4) is 0 Å². The lowest BCUT2D eigenvalue weighted by Gasteiger charge is -2.11. The second kappa shape index (κ2) is 10.4. The van der Waals surface area contributed by atoms with Gasteiger partial charge in [0.15, 0.2) is 5.76 Å². The van der Waals surface area contributed by atoms with Gasteiger partial charge in [-0.15, -0.1) is 5.10 Å². The van der Waals surface area contributed by atoms with Crippen LogP contribution in [0, 0.1) is 0 Å². The van der Waals surface area contributed by atoms with Crippen LogP contribution in [-0.4, -0.2) is 34.7 Å². The molecule has 0 bridgehead atoms. The molecule has 0 spiro atoms. The predicted octanol–water partition coefficient (Wildman–Crippen LogP) is 6.82. The molecule has 0 aliphatic rings. The van der Waals surface area contributed by atoms with E-state index in [1.54, 1.807) is 37.1 Å². The summed E-state index contributed by atoms with van der Waals surface area (Å²) in [4.78, 5) is 18.0. The first-order chi connectivity index (χ1) is 19.0. The van der Waals surface area contributed by atoms with Gasteiger partial charge < -0.3 is 23.9 Å². The summed E-state index contributed by atoms with van der Waals surface area (Å²) in [5, 5.41) is 8.58. The molecule has 0 fully saturated rings. The first-order valence-corrected chi connectivity index (χ1v) is 13.4. The molecule has 0 unspecified atom stereocenters. The molecule has 0 saturated heterocycles. The van der Waals surface area contributed by atoms with Crippen LogP contribution in [0.2, 0.25) is 0 Å². The highest BCUT2D eigenvalue weighted by Gasteiger charge is 2.17. The summed E-state index contributed by atoms with van der Waals surface area (Å²) in [6, 6.07) is 20.3. The van der Waals surface area contributed by atoms with Crippen molar-refractivity contribution in [3.05, 3.63) is 88.5 Å². The number of carbonyl (C=O) groups is 1. The Morgan fingerprint density at radius 3 is 2.74 bits per heavy atom. The molecule has 0 radical (unpaired) electrons. The number of ether oxygens (including phenoxy) is 3. The van der Waals surface area contributed by atoms with E-state index in [2.05, 4.69) is 31.3 Å². The van der Waals surface area contributed by atoms with Crippen LogP contribution in [0.4, 0.5) is 5.69 Å². The molecule has 3 aromatic heterocycles. The first-order valence-electron chi connectivity index (χ1n) is 11.8. The number of hydrogen-bond donors (Lipinski definition) is 1. The number of methoxy groups -OCH3 is 2. The molecule has 1 N–H and O–H groups in total. The number of anilines is 1. The van der Waals surface area contributed by atoms with E-state index in [1.165, 1.54) is 11.3 Å². The van der Waals surface area contributed by atoms with E-state index < -0.39 is 0 Å². The van der Waals surface area contributed by atoms with Gasteiger partial charge in [-0.25, -0.2) is 9.50 Å². The van der Waals surface area contributed by atoms with Gasteiger partial charge in [-0.05, 0) is 53.3 Å². The monoisotopic (exact) mass is 604 g/mol. The molecule has 0 aliphatic heterocycles. The van der Waals surface area contributed by atoms with Crippen molar-refractivity contribution in [2.24, 2.45) is 0 Å². The van der Waals surface area contributed by atoms with Crippen molar-refractivity contribution in [3.8, 4) is 28.1 Å². The molecule has 0 saturated carbocycles. The van der Waals surface area contributed by atoms with Crippen LogP contribution in [0.25, 0.3) is 27.4 Å². The minimum absolute atomic E-state index is 0.192. The van der Waals surface area contributed by atoms with E-state index in [0.29, 0.717) is 49.9 Å². The number of hydrogen-bond acceptors (Lipinski definition) is 8. The fraction of sp³-hybridized carbons (Fsp3) is 0.107. The number of carbonyl (C=O) groups excluding carboxylic acids is 1. The van der Waals surface area contributed by atoms with Gasteiger partial charge in [0.05, 0.1) is 25.8 Å². The largest absolute Gasteiger partial charge is 0.496 e. The van der Waals surface area contributed by atoms with Gasteiger partial charge in [0.25, 0.3) is 11.1 Å². The maximum absolute atomic E-state index is 12.7. The minimum Gasteiger partial charge on any atom is -0.496 e. The Hall–Kier alpha value is -4.35. The Morgan fingerprint density at radius 2 is 1.95 bits per heavy atom. The molecule has 39 heavy (non-hydrogen) atoms. The average molecular weight is 605 g/mol. The highest BCUT2D eigenvalue weighted by molar-refractivity contribution is 9.10. The molecule has 6 rings (SSSR count). The molecule has 11 heteroatoms. The van der Waals surface area contributed by atoms with Crippen molar-refractivity contribution < 1.29 is 23.4 Å². The quantitative estimate of drug-likeness (QED) is 0.203. The summed E-state index contributed by atoms with van der Waals surface area (Å²) in [6.07, 6.45) is 1.79. The van der Waals surface area contributed by atoms with E-state index in [9.17, 15) is 4.79 Å². The average Bonchev–Trinajstić information content (AvgIpc) is 3.65. The van der Waals surface area contributed by atoms with Gasteiger partial charge in [0.2, 0.25) is 4.96 Å². The molecule has 0 atom stereocenters. The van der Waals surface area contributed by atoms with E-state index in [0.717, 1.165) is 15.4 Å². The summed E-state index contributed by atoms with van der Waals surface area (Å²) >= 11 is 4.74. The van der Waals surface area contributed by atoms with Crippen molar-refractivity contribution in [1.82, 2.24) is 14.6 Å². The molecule has 3 heterocycles. The predicted molar refractivity (Wildman–Crippen MR) is 152 cm³/mol. The molecule has 0 aliphatic carbocycles. The Morgan fingerprint density at radius 1 is 1.08 bits per heavy atom. The fourth-order valence-electron chi connectivity index (χ4n) is 4.06. The summed E-state index contributed by atoms with van der Waals surface area (Å²) in [5.74, 6) is 1.59. The normalized spacial score (nSPS) is 11.2. The molecule has 196 valence electrons. The number of benzene rings is 3. The van der Waals surface area contributed by atoms with Crippen molar-refractivity contribution in [2.45, 2.75) is 6.61 Å². The summed E-state index contributed by atoms with van der Waals surface area (Å²) < 4.78 is 25.5. The minimum atomic E-state index is -0.192. The zero-order chi connectivity index (χ0) is 26.9. The smallest absolute Gasteiger partial charge is 0.294 e. The summed E-state index contributed by atoms with van der Waals surface area (Å²) in [6.45, 7) is 0.271. The van der Waals surface area contributed by atoms with E-state index in [-0.39, 0.29) is 12.5 Å². The standard InChI is InChI=1S/C28H21BrN4O5S/c1-35-20-11-23(21-13-25(38-24(21)12-20)22-14-33-27(31-22)39-28(32-33)36-2)37-15-16-5-3-8-19(9-16)30-26(34)17-6-4-7-18(29)10-17/h3-14H,15H2,1-2H3,(H,30,34). The topological polar surface area (TPSA) is 100 Å². The second-order valence-electron chi connectivity index (χ2n) is 8.53. The van der Waals surface area contributed by atoms with Crippen LogP contribution in [0.1, 0.15) is 15.9 Å². The van der Waals surface area contributed by atoms with Gasteiger partial charge in [0.1, 0.15) is 29.4 Å². The molecule has 3 aromatic carbocycles. The third-order valence-electron chi connectivity index (χ3n) is 5.93. The number of amides is 1. The molecular weight excluding hydrogens is 584 g/mol. The highest BCUT2D eigenvalue weighted by atomic mass is 79.9. The second-order valence-corrected chi connectivity index (χ2v) is 10.4. The fourth-order valence-corrected chi connectivity index (χ4v) is 5.16. The number of furan rings is 1. The first kappa shape index (κ1) is 25.0. The van der Waals surface area contributed by atoms with Crippen LogP contribution >= 0.6 is 27.3 Å². The van der Waals surface area contributed by atoms with E-state index in [4.69, 9.17) is 18.6 Å². The number of imidazole rings is 1. The Labute approximate surface area is 235 Å². The Kier molecular flexibility index (Phi) is 6.67. The van der Waals surface area contributed by atoms with Gasteiger partial charge in [0, 0.05) is 27.9 Å². The van der Waals surface area contributed by atoms with Crippen molar-refractivity contribution in [2.75, 3.05) is 19.5 Å². The Balaban J connectivity index is 1.23. The van der Waals surface area contributed by atoms with Crippen molar-refractivity contribution >= 4 is 54.8 Å². The van der Waals surface area contributed by atoms with Crippen LogP contribution < -0.4 is 19.5 Å². The number of halogens is 1. The van der Waals surface area contributed by atoms with Gasteiger partial charge in [-0.3, -0.25) is 4.79 Å². The third kappa shape index (κ3) is 5.18. The number of rotatable bonds is 8. The highest BCUT2D eigenvalue weighted by Crippen LogP contribution is 2.37. The van der Waals surface area contributed by atoms with Crippen LogP contribution in [-0.2, 0) is 6.61 Å². The zero-order valence-corrected chi connectivity index (χ0v) is 23.2. The molecular formula is C28H21BrN4O5S. The number of nitrogens with one attached hydrogen (secondary N) is 1. The lowest BCUT2D eigenvalue weighted by molar-refractivity contribution is 0.102. The van der Waals surface area contributed by atoms with Crippen LogP contribution in [0.15, 0.2) is 81.8 Å². The number of aromatic nitrogens is 3. The molecule has 1 amide bonds. The van der Waals surface area contributed by atoms with E-state index in [1.807, 2.05) is 54.6 Å². The number of nitrogens with zero attached hydrogens (tertiary/aromatic N) is 3. The zero-order valence-electron chi connectivity index (χ0n) is 20.8. The SMILES string of the molecule is COc1cc(OCc2cccc(NC(=O)c3cccc(Br)c3)c2)c2cc(-c3cn4nc(OC)sc4n3)oc2c1. The van der Waals surface area contributed by atoms with Gasteiger partial charge in [-0.2, -0.15) is 0 Å². The maximum Gasteiger partial charge on any atom is 0.294 e. The lowest BCUT2D eigenvalue weighted by Crippen LogP contribution is -2.12. The van der Waals surface area contributed by atoms with Gasteiger partial charge >= 0.3 is 0 Å². The number of fused-ring (bicyclic) bond motifs is 2. The van der Waals surface area contributed by atoms with E-state index >= 15 is 0 Å². The molecule has 6 aromatic rings. The summed E-state index contributed by atoms with van der Waals surface area (Å²) in [5.41, 5.74) is 3.37. The third-order valence-corrected chi connectivity index (χ3v) is 7.30.